The highest BCUT2D eigenvalue weighted by molar-refractivity contribution is 8.00. The standard InChI is InChI=1S/C17H11F3N2OS/c18-17(19,20)12-5-8-14(9-6-12)24-22-15-3-1-2-11-4-7-13(10-23)21-16(11)15/h1-10,22H. The number of fused-ring (bicyclic) bond motifs is 1. The highest BCUT2D eigenvalue weighted by atomic mass is 32.2. The molecule has 24 heavy (non-hydrogen) atoms. The molecule has 1 heterocycles. The van der Waals surface area contributed by atoms with Crippen molar-refractivity contribution >= 4 is 34.8 Å². The molecule has 1 aromatic heterocycles. The number of alkyl halides is 3. The smallest absolute Gasteiger partial charge is 0.324 e. The second-order valence-corrected chi connectivity index (χ2v) is 5.84. The average molecular weight is 348 g/mol. The minimum atomic E-state index is -4.35. The molecule has 7 heteroatoms. The van der Waals surface area contributed by atoms with Gasteiger partial charge in [-0.25, -0.2) is 4.98 Å². The highest BCUT2D eigenvalue weighted by Gasteiger charge is 2.29. The lowest BCUT2D eigenvalue weighted by Crippen LogP contribution is -2.04. The predicted molar refractivity (Wildman–Crippen MR) is 88.1 cm³/mol. The summed E-state index contributed by atoms with van der Waals surface area (Å²) in [5.74, 6) is 0. The molecule has 0 fully saturated rings. The van der Waals surface area contributed by atoms with Gasteiger partial charge in [0.05, 0.1) is 16.8 Å². The van der Waals surface area contributed by atoms with Gasteiger partial charge in [0.25, 0.3) is 0 Å². The van der Waals surface area contributed by atoms with E-state index in [1.807, 2.05) is 12.1 Å². The lowest BCUT2D eigenvalue weighted by atomic mass is 10.2. The van der Waals surface area contributed by atoms with Crippen molar-refractivity contribution in [3.05, 3.63) is 65.9 Å². The van der Waals surface area contributed by atoms with Crippen molar-refractivity contribution in [1.29, 1.82) is 0 Å². The van der Waals surface area contributed by atoms with Crippen LogP contribution in [0.25, 0.3) is 10.9 Å². The first-order chi connectivity index (χ1) is 11.5. The van der Waals surface area contributed by atoms with E-state index in [2.05, 4.69) is 9.71 Å². The van der Waals surface area contributed by atoms with Gasteiger partial charge in [-0.2, -0.15) is 13.2 Å². The SMILES string of the molecule is O=Cc1ccc2cccc(NSc3ccc(C(F)(F)F)cc3)c2n1. The number of hydrogen-bond acceptors (Lipinski definition) is 4. The molecule has 0 unspecified atom stereocenters. The number of nitrogens with one attached hydrogen (secondary N) is 1. The van der Waals surface area contributed by atoms with Crippen LogP contribution < -0.4 is 4.72 Å². The summed E-state index contributed by atoms with van der Waals surface area (Å²) in [5.41, 5.74) is 0.938. The fourth-order valence-corrected chi connectivity index (χ4v) is 2.80. The molecule has 0 saturated heterocycles. The molecule has 0 atom stereocenters. The number of pyridine rings is 1. The molecule has 0 aliphatic carbocycles. The van der Waals surface area contributed by atoms with Crippen molar-refractivity contribution in [3.63, 3.8) is 0 Å². The zero-order valence-electron chi connectivity index (χ0n) is 12.2. The van der Waals surface area contributed by atoms with E-state index in [0.717, 1.165) is 17.5 Å². The van der Waals surface area contributed by atoms with Crippen molar-refractivity contribution in [2.75, 3.05) is 4.72 Å². The third-order valence-electron chi connectivity index (χ3n) is 3.32. The third-order valence-corrected chi connectivity index (χ3v) is 4.15. The maximum atomic E-state index is 12.6. The van der Waals surface area contributed by atoms with E-state index in [-0.39, 0.29) is 0 Å². The Balaban J connectivity index is 1.81. The first-order valence-corrected chi connectivity index (χ1v) is 7.74. The molecule has 3 rings (SSSR count). The zero-order chi connectivity index (χ0) is 17.2. The Kier molecular flexibility index (Phi) is 4.44. The molecule has 2 aromatic carbocycles. The Morgan fingerprint density at radius 1 is 1.00 bits per heavy atom. The topological polar surface area (TPSA) is 42.0 Å². The van der Waals surface area contributed by atoms with Crippen LogP contribution in [-0.4, -0.2) is 11.3 Å². The largest absolute Gasteiger partial charge is 0.416 e. The van der Waals surface area contributed by atoms with Crippen LogP contribution in [0, 0.1) is 0 Å². The number of para-hydroxylation sites is 1. The van der Waals surface area contributed by atoms with Crippen LogP contribution >= 0.6 is 11.9 Å². The van der Waals surface area contributed by atoms with Gasteiger partial charge in [-0.05, 0) is 48.3 Å². The van der Waals surface area contributed by atoms with Crippen molar-refractivity contribution < 1.29 is 18.0 Å². The lowest BCUT2D eigenvalue weighted by molar-refractivity contribution is -0.137. The fourth-order valence-electron chi connectivity index (χ4n) is 2.14. The summed E-state index contributed by atoms with van der Waals surface area (Å²) >= 11 is 1.18. The van der Waals surface area contributed by atoms with Crippen molar-refractivity contribution in [2.24, 2.45) is 0 Å². The summed E-state index contributed by atoms with van der Waals surface area (Å²) in [6.07, 6.45) is -3.68. The molecule has 0 radical (unpaired) electrons. The molecule has 122 valence electrons. The first-order valence-electron chi connectivity index (χ1n) is 6.92. The second-order valence-electron chi connectivity index (χ2n) is 4.96. The van der Waals surface area contributed by atoms with Crippen LogP contribution in [0.15, 0.2) is 59.5 Å². The van der Waals surface area contributed by atoms with E-state index < -0.39 is 11.7 Å². The maximum Gasteiger partial charge on any atom is 0.416 e. The van der Waals surface area contributed by atoms with Crippen LogP contribution in [0.1, 0.15) is 16.1 Å². The Bertz CT molecular complexity index is 879. The second kappa shape index (κ2) is 6.52. The number of aromatic nitrogens is 1. The van der Waals surface area contributed by atoms with Crippen LogP contribution in [0.5, 0.6) is 0 Å². The quantitative estimate of drug-likeness (QED) is 0.521. The van der Waals surface area contributed by atoms with Crippen molar-refractivity contribution in [1.82, 2.24) is 4.98 Å². The van der Waals surface area contributed by atoms with Gasteiger partial charge in [0.1, 0.15) is 5.69 Å². The Labute approximate surface area is 140 Å². The third kappa shape index (κ3) is 3.51. The molecule has 0 bridgehead atoms. The number of benzene rings is 2. The number of rotatable bonds is 4. The normalized spacial score (nSPS) is 11.5. The van der Waals surface area contributed by atoms with Gasteiger partial charge in [-0.3, -0.25) is 4.79 Å². The number of hydrogen-bond donors (Lipinski definition) is 1. The molecule has 1 N–H and O–H groups in total. The molecular formula is C17H11F3N2OS. The van der Waals surface area contributed by atoms with Crippen molar-refractivity contribution in [2.45, 2.75) is 11.1 Å². The number of anilines is 1. The summed E-state index contributed by atoms with van der Waals surface area (Å²) in [6.45, 7) is 0. The van der Waals surface area contributed by atoms with Crippen LogP contribution in [0.2, 0.25) is 0 Å². The molecule has 0 aliphatic heterocycles. The molecule has 0 spiro atoms. The molecule has 3 nitrogen and oxygen atoms in total. The van der Waals surface area contributed by atoms with Gasteiger partial charge < -0.3 is 4.72 Å². The van der Waals surface area contributed by atoms with Gasteiger partial charge >= 0.3 is 6.18 Å². The summed E-state index contributed by atoms with van der Waals surface area (Å²) in [5, 5.41) is 0.860. The van der Waals surface area contributed by atoms with Gasteiger partial charge in [0.15, 0.2) is 6.29 Å². The Hall–Kier alpha value is -2.54. The molecular weight excluding hydrogens is 337 g/mol. The summed E-state index contributed by atoms with van der Waals surface area (Å²) < 4.78 is 40.7. The van der Waals surface area contributed by atoms with Gasteiger partial charge in [-0.1, -0.05) is 18.2 Å². The number of nitrogens with zero attached hydrogens (tertiary/aromatic N) is 1. The monoisotopic (exact) mass is 348 g/mol. The van der Waals surface area contributed by atoms with Crippen molar-refractivity contribution in [3.8, 4) is 0 Å². The number of carbonyl (C=O) groups excluding carboxylic acids is 1. The lowest BCUT2D eigenvalue weighted by Gasteiger charge is -2.10. The number of aldehydes is 1. The maximum absolute atomic E-state index is 12.6. The highest BCUT2D eigenvalue weighted by Crippen LogP contribution is 2.32. The Morgan fingerprint density at radius 2 is 1.75 bits per heavy atom. The van der Waals surface area contributed by atoms with Gasteiger partial charge in [0, 0.05) is 10.3 Å². The molecule has 0 saturated carbocycles. The minimum Gasteiger partial charge on any atom is -0.324 e. The van der Waals surface area contributed by atoms with Gasteiger partial charge in [0.2, 0.25) is 0 Å². The first kappa shape index (κ1) is 16.3. The van der Waals surface area contributed by atoms with E-state index in [9.17, 15) is 18.0 Å². The molecule has 0 amide bonds. The van der Waals surface area contributed by atoms with E-state index in [1.54, 1.807) is 18.2 Å². The van der Waals surface area contributed by atoms with E-state index >= 15 is 0 Å². The van der Waals surface area contributed by atoms with Crippen LogP contribution in [0.3, 0.4) is 0 Å². The fraction of sp³-hybridized carbons (Fsp3) is 0.0588. The van der Waals surface area contributed by atoms with Crippen LogP contribution in [0.4, 0.5) is 18.9 Å². The average Bonchev–Trinajstić information content (AvgIpc) is 2.59. The summed E-state index contributed by atoms with van der Waals surface area (Å²) in [6, 6.07) is 13.8. The van der Waals surface area contributed by atoms with E-state index in [0.29, 0.717) is 28.1 Å². The number of halogens is 3. The Morgan fingerprint density at radius 3 is 2.42 bits per heavy atom. The molecule has 0 aliphatic rings. The number of carbonyl (C=O) groups is 1. The zero-order valence-corrected chi connectivity index (χ0v) is 13.0. The van der Waals surface area contributed by atoms with Gasteiger partial charge in [-0.15, -0.1) is 0 Å². The predicted octanol–water partition coefficient (Wildman–Crippen LogP) is 5.19. The van der Waals surface area contributed by atoms with E-state index in [1.165, 1.54) is 24.1 Å². The van der Waals surface area contributed by atoms with Crippen LogP contribution in [-0.2, 0) is 6.18 Å². The summed E-state index contributed by atoms with van der Waals surface area (Å²) in [7, 11) is 0. The molecule has 3 aromatic rings. The summed E-state index contributed by atoms with van der Waals surface area (Å²) in [4.78, 5) is 15.8. The van der Waals surface area contributed by atoms with E-state index in [4.69, 9.17) is 0 Å². The minimum absolute atomic E-state index is 0.316.